The number of nitrogens with one attached hydrogen (secondary N) is 2. The Morgan fingerprint density at radius 1 is 1.26 bits per heavy atom. The summed E-state index contributed by atoms with van der Waals surface area (Å²) in [5.41, 5.74) is 2.72. The van der Waals surface area contributed by atoms with Crippen molar-refractivity contribution in [3.8, 4) is 5.75 Å². The molecule has 0 bridgehead atoms. The molecular weight excluding hydrogens is 392 g/mol. The van der Waals surface area contributed by atoms with E-state index in [9.17, 15) is 19.8 Å². The fraction of sp³-hybridized carbons (Fsp3) is 0.680. The van der Waals surface area contributed by atoms with E-state index in [-0.39, 0.29) is 29.9 Å². The van der Waals surface area contributed by atoms with Crippen molar-refractivity contribution in [2.75, 3.05) is 13.1 Å². The Hall–Kier alpha value is -1.92. The number of rotatable bonds is 6. The number of aliphatic hydroxyl groups is 1. The third-order valence-electron chi connectivity index (χ3n) is 8.36. The fourth-order valence-electron chi connectivity index (χ4n) is 6.93. The molecule has 1 aromatic carbocycles. The Bertz CT molecular complexity index is 841. The number of amides is 2. The number of hydrogen-bond donors (Lipinski definition) is 4. The second-order valence-electron chi connectivity index (χ2n) is 10.2. The summed E-state index contributed by atoms with van der Waals surface area (Å²) in [7, 11) is 0. The summed E-state index contributed by atoms with van der Waals surface area (Å²) in [6.45, 7) is 4.48. The van der Waals surface area contributed by atoms with Crippen LogP contribution >= 0.6 is 0 Å². The Kier molecular flexibility index (Phi) is 6.40. The molecule has 31 heavy (non-hydrogen) atoms. The predicted molar refractivity (Wildman–Crippen MR) is 119 cm³/mol. The Labute approximate surface area is 184 Å². The lowest BCUT2D eigenvalue weighted by molar-refractivity contribution is -0.128. The number of imide groups is 1. The van der Waals surface area contributed by atoms with Gasteiger partial charge in [0.15, 0.2) is 0 Å². The number of carbonyl (C=O) groups excluding carboxylic acids is 2. The first-order chi connectivity index (χ1) is 14.8. The van der Waals surface area contributed by atoms with E-state index in [1.165, 1.54) is 18.1 Å². The quantitative estimate of drug-likeness (QED) is 0.522. The molecule has 0 saturated heterocycles. The molecule has 3 aliphatic rings. The molecule has 0 unspecified atom stereocenters. The summed E-state index contributed by atoms with van der Waals surface area (Å²) in [6, 6.07) is 5.89. The molecule has 4 N–H and O–H groups in total. The Morgan fingerprint density at radius 2 is 2.06 bits per heavy atom. The van der Waals surface area contributed by atoms with Gasteiger partial charge in [0.1, 0.15) is 5.75 Å². The highest BCUT2D eigenvalue weighted by molar-refractivity contribution is 5.94. The summed E-state index contributed by atoms with van der Waals surface area (Å²) < 4.78 is 0. The largest absolute Gasteiger partial charge is 0.508 e. The zero-order valence-corrected chi connectivity index (χ0v) is 18.7. The van der Waals surface area contributed by atoms with Gasteiger partial charge in [-0.1, -0.05) is 13.0 Å². The van der Waals surface area contributed by atoms with Crippen LogP contribution in [-0.4, -0.2) is 41.2 Å². The highest BCUT2D eigenvalue weighted by Crippen LogP contribution is 2.62. The van der Waals surface area contributed by atoms with Gasteiger partial charge in [-0.25, -0.2) is 0 Å². The minimum Gasteiger partial charge on any atom is -0.508 e. The van der Waals surface area contributed by atoms with Gasteiger partial charge in [0, 0.05) is 6.92 Å². The zero-order valence-electron chi connectivity index (χ0n) is 18.7. The van der Waals surface area contributed by atoms with Crippen molar-refractivity contribution < 1.29 is 19.8 Å². The highest BCUT2D eigenvalue weighted by atomic mass is 16.3. The topological polar surface area (TPSA) is 98.7 Å². The number of aromatic hydroxyl groups is 1. The van der Waals surface area contributed by atoms with Crippen LogP contribution in [0, 0.1) is 23.2 Å². The van der Waals surface area contributed by atoms with Gasteiger partial charge in [-0.15, -0.1) is 0 Å². The van der Waals surface area contributed by atoms with Crippen LogP contribution in [0.4, 0.5) is 0 Å². The van der Waals surface area contributed by atoms with Crippen molar-refractivity contribution >= 4 is 11.8 Å². The first kappa shape index (κ1) is 22.3. The van der Waals surface area contributed by atoms with Gasteiger partial charge in [0.25, 0.3) is 0 Å². The normalized spacial score (nSPS) is 33.8. The minimum atomic E-state index is -0.336. The van der Waals surface area contributed by atoms with Crippen LogP contribution < -0.4 is 10.6 Å². The number of phenolic OH excluding ortho intramolecular Hbond substituents is 1. The van der Waals surface area contributed by atoms with Crippen molar-refractivity contribution in [2.24, 2.45) is 23.2 Å². The number of aryl methyl sites for hydroxylation is 1. The van der Waals surface area contributed by atoms with Gasteiger partial charge < -0.3 is 15.5 Å². The van der Waals surface area contributed by atoms with Gasteiger partial charge in [0.2, 0.25) is 11.8 Å². The lowest BCUT2D eigenvalue weighted by atomic mass is 9.55. The molecular formula is C25H36N2O4. The van der Waals surface area contributed by atoms with Gasteiger partial charge in [-0.3, -0.25) is 14.9 Å². The molecule has 2 saturated carbocycles. The van der Waals surface area contributed by atoms with Gasteiger partial charge in [-0.05, 0) is 104 Å². The summed E-state index contributed by atoms with van der Waals surface area (Å²) in [6.07, 6.45) is 7.02. The van der Waals surface area contributed by atoms with Crippen molar-refractivity contribution in [3.63, 3.8) is 0 Å². The molecule has 0 spiro atoms. The van der Waals surface area contributed by atoms with E-state index in [4.69, 9.17) is 0 Å². The van der Waals surface area contributed by atoms with E-state index < -0.39 is 0 Å². The maximum Gasteiger partial charge on any atom is 0.240 e. The minimum absolute atomic E-state index is 0.00490. The predicted octanol–water partition coefficient (Wildman–Crippen LogP) is 2.87. The number of phenols is 1. The number of carbonyl (C=O) groups is 2. The van der Waals surface area contributed by atoms with E-state index in [1.54, 1.807) is 0 Å². The molecule has 0 aliphatic heterocycles. The lowest BCUT2D eigenvalue weighted by Gasteiger charge is -2.50. The van der Waals surface area contributed by atoms with E-state index >= 15 is 0 Å². The van der Waals surface area contributed by atoms with Crippen LogP contribution in [0.3, 0.4) is 0 Å². The fourth-order valence-corrected chi connectivity index (χ4v) is 6.93. The summed E-state index contributed by atoms with van der Waals surface area (Å²) in [5.74, 6) is 1.74. The standard InChI is InChI=1S/C25H36N2O4/c1-15(28)27-23(30)14-26-11-3-4-17-13-22-21-7-5-16-12-18(29)6-8-19(16)20(21)9-10-25(22,2)24(17)31/h6,8,12,17,20-22,24,26,29,31H,3-5,7,9-11,13-14H2,1-2H3,(H,27,28,30)/t17-,20+,21+,22-,24-,25-/m0/s1. The molecule has 6 atom stereocenters. The van der Waals surface area contributed by atoms with Crippen LogP contribution in [0.15, 0.2) is 18.2 Å². The highest BCUT2D eigenvalue weighted by Gasteiger charge is 2.57. The molecule has 1 aromatic rings. The third-order valence-corrected chi connectivity index (χ3v) is 8.36. The molecule has 170 valence electrons. The SMILES string of the molecule is CC(=O)NC(=O)CNCCC[C@H]1C[C@H]2[C@@H]3CCc4cc(O)ccc4[C@H]3CC[C@]2(C)[C@H]1O. The molecule has 6 heteroatoms. The number of fused-ring (bicyclic) bond motifs is 5. The van der Waals surface area contributed by atoms with Crippen molar-refractivity contribution in [2.45, 2.75) is 70.8 Å². The second kappa shape index (κ2) is 8.91. The molecule has 0 radical (unpaired) electrons. The van der Waals surface area contributed by atoms with Crippen LogP contribution in [0.5, 0.6) is 5.75 Å². The third kappa shape index (κ3) is 4.37. The first-order valence-corrected chi connectivity index (χ1v) is 11.8. The lowest BCUT2D eigenvalue weighted by Crippen LogP contribution is -2.44. The Balaban J connectivity index is 1.34. The number of aliphatic hydroxyl groups excluding tert-OH is 1. The summed E-state index contributed by atoms with van der Waals surface area (Å²) in [4.78, 5) is 22.4. The zero-order chi connectivity index (χ0) is 22.2. The van der Waals surface area contributed by atoms with E-state index in [2.05, 4.69) is 23.6 Å². The van der Waals surface area contributed by atoms with E-state index in [0.717, 1.165) is 44.9 Å². The van der Waals surface area contributed by atoms with Crippen molar-refractivity contribution in [1.82, 2.24) is 10.6 Å². The van der Waals surface area contributed by atoms with Crippen LogP contribution in [0.1, 0.15) is 69.4 Å². The van der Waals surface area contributed by atoms with Gasteiger partial charge >= 0.3 is 0 Å². The van der Waals surface area contributed by atoms with Crippen molar-refractivity contribution in [3.05, 3.63) is 29.3 Å². The van der Waals surface area contributed by atoms with Crippen LogP contribution in [0.25, 0.3) is 0 Å². The average Bonchev–Trinajstić information content (AvgIpc) is 2.97. The second-order valence-corrected chi connectivity index (χ2v) is 10.2. The average molecular weight is 429 g/mol. The maximum atomic E-state index is 11.5. The molecule has 6 nitrogen and oxygen atoms in total. The molecule has 3 aliphatic carbocycles. The summed E-state index contributed by atoms with van der Waals surface area (Å²) >= 11 is 0. The smallest absolute Gasteiger partial charge is 0.240 e. The van der Waals surface area contributed by atoms with Crippen LogP contribution in [0.2, 0.25) is 0 Å². The molecule has 2 fully saturated rings. The molecule has 2 amide bonds. The van der Waals surface area contributed by atoms with Gasteiger partial charge in [0.05, 0.1) is 12.6 Å². The molecule has 4 rings (SSSR count). The molecule has 0 aromatic heterocycles. The maximum absolute atomic E-state index is 11.5. The van der Waals surface area contributed by atoms with E-state index in [1.807, 2.05) is 12.1 Å². The van der Waals surface area contributed by atoms with Gasteiger partial charge in [-0.2, -0.15) is 0 Å². The Morgan fingerprint density at radius 3 is 2.84 bits per heavy atom. The summed E-state index contributed by atoms with van der Waals surface area (Å²) in [5, 5.41) is 26.5. The number of hydrogen-bond acceptors (Lipinski definition) is 5. The number of benzene rings is 1. The van der Waals surface area contributed by atoms with Crippen molar-refractivity contribution in [1.29, 1.82) is 0 Å². The molecule has 0 heterocycles. The monoisotopic (exact) mass is 428 g/mol. The van der Waals surface area contributed by atoms with E-state index in [0.29, 0.717) is 36.0 Å². The van der Waals surface area contributed by atoms with Crippen LogP contribution in [-0.2, 0) is 16.0 Å². The first-order valence-electron chi connectivity index (χ1n) is 11.8.